The van der Waals surface area contributed by atoms with Gasteiger partial charge in [-0.05, 0) is 25.0 Å². The van der Waals surface area contributed by atoms with Gasteiger partial charge in [0.2, 0.25) is 0 Å². The molecule has 4 unspecified atom stereocenters. The van der Waals surface area contributed by atoms with E-state index in [1.165, 1.54) is 12.8 Å². The fraction of sp³-hybridized carbons (Fsp3) is 0.636. The summed E-state index contributed by atoms with van der Waals surface area (Å²) >= 11 is 0. The first kappa shape index (κ1) is 8.50. The summed E-state index contributed by atoms with van der Waals surface area (Å²) < 4.78 is 7.97. The van der Waals surface area contributed by atoms with Gasteiger partial charge in [0.15, 0.2) is 0 Å². The minimum Gasteiger partial charge on any atom is -0.376 e. The number of rotatable bonds is 1. The lowest BCUT2D eigenvalue weighted by molar-refractivity contribution is -0.133. The minimum atomic E-state index is 0.285. The summed E-state index contributed by atoms with van der Waals surface area (Å²) in [6, 6.07) is 4.74. The minimum absolute atomic E-state index is 0.285. The highest BCUT2D eigenvalue weighted by Gasteiger charge is 2.51. The molecule has 1 aromatic heterocycles. The highest BCUT2D eigenvalue weighted by atomic mass is 16.5. The molecule has 14 heavy (non-hydrogen) atoms. The molecule has 1 saturated heterocycles. The molecule has 1 aromatic rings. The summed E-state index contributed by atoms with van der Waals surface area (Å²) in [6.45, 7) is 0.908. The lowest BCUT2D eigenvalue weighted by atomic mass is 9.68. The zero-order chi connectivity index (χ0) is 9.54. The van der Waals surface area contributed by atoms with E-state index in [1.807, 2.05) is 12.1 Å². The van der Waals surface area contributed by atoms with Crippen molar-refractivity contribution in [2.45, 2.75) is 31.0 Å². The molecular weight excluding hydrogens is 176 g/mol. The van der Waals surface area contributed by atoms with E-state index in [9.17, 15) is 0 Å². The Morgan fingerprint density at radius 1 is 1.29 bits per heavy atom. The normalized spacial score (nSPS) is 41.5. The van der Waals surface area contributed by atoms with E-state index >= 15 is 0 Å². The molecule has 2 heterocycles. The van der Waals surface area contributed by atoms with Crippen molar-refractivity contribution < 1.29 is 4.74 Å². The van der Waals surface area contributed by atoms with Crippen LogP contribution in [0.15, 0.2) is 24.5 Å². The van der Waals surface area contributed by atoms with Crippen molar-refractivity contribution >= 4 is 0 Å². The summed E-state index contributed by atoms with van der Waals surface area (Å²) in [5.41, 5.74) is 6.17. The average Bonchev–Trinajstić information content (AvgIpc) is 2.70. The third kappa shape index (κ3) is 1.06. The first-order valence-corrected chi connectivity index (χ1v) is 5.37. The largest absolute Gasteiger partial charge is 0.376 e. The summed E-state index contributed by atoms with van der Waals surface area (Å²) in [4.78, 5) is 0. The molecule has 2 N–H and O–H groups in total. The zero-order valence-electron chi connectivity index (χ0n) is 8.17. The molecule has 0 radical (unpaired) electrons. The van der Waals surface area contributed by atoms with Crippen LogP contribution < -0.4 is 5.73 Å². The topological polar surface area (TPSA) is 40.2 Å². The Hall–Kier alpha value is -0.800. The fourth-order valence-corrected chi connectivity index (χ4v) is 2.83. The quantitative estimate of drug-likeness (QED) is 0.725. The van der Waals surface area contributed by atoms with Gasteiger partial charge in [-0.3, -0.25) is 0 Å². The van der Waals surface area contributed by atoms with E-state index in [0.29, 0.717) is 18.1 Å². The van der Waals surface area contributed by atoms with Crippen molar-refractivity contribution in [1.29, 1.82) is 0 Å². The Labute approximate surface area is 83.8 Å². The number of hydrogen-bond acceptors (Lipinski definition) is 2. The second kappa shape index (κ2) is 3.11. The van der Waals surface area contributed by atoms with Gasteiger partial charge >= 0.3 is 0 Å². The maximum atomic E-state index is 6.17. The van der Waals surface area contributed by atoms with Crippen LogP contribution in [0.4, 0.5) is 0 Å². The van der Waals surface area contributed by atoms with Crippen LogP contribution in [0.3, 0.4) is 0 Å². The summed E-state index contributed by atoms with van der Waals surface area (Å²) in [7, 11) is 0. The summed E-state index contributed by atoms with van der Waals surface area (Å²) in [5, 5.41) is 0. The van der Waals surface area contributed by atoms with E-state index in [4.69, 9.17) is 10.5 Å². The van der Waals surface area contributed by atoms with Crippen molar-refractivity contribution in [3.63, 3.8) is 0 Å². The fourth-order valence-electron chi connectivity index (χ4n) is 2.83. The van der Waals surface area contributed by atoms with Crippen LogP contribution in [0.2, 0.25) is 0 Å². The van der Waals surface area contributed by atoms with Gasteiger partial charge < -0.3 is 15.0 Å². The molecule has 0 spiro atoms. The van der Waals surface area contributed by atoms with E-state index in [-0.39, 0.29) is 6.04 Å². The van der Waals surface area contributed by atoms with Crippen LogP contribution in [0, 0.1) is 5.92 Å². The van der Waals surface area contributed by atoms with Crippen LogP contribution >= 0.6 is 0 Å². The monoisotopic (exact) mass is 192 g/mol. The van der Waals surface area contributed by atoms with E-state index in [1.54, 1.807) is 0 Å². The van der Waals surface area contributed by atoms with E-state index < -0.39 is 0 Å². The lowest BCUT2D eigenvalue weighted by Crippen LogP contribution is -2.62. The molecule has 1 saturated carbocycles. The number of fused-ring (bicyclic) bond motifs is 1. The maximum Gasteiger partial charge on any atom is 0.0840 e. The molecule has 2 aliphatic rings. The SMILES string of the molecule is NC1C2CCCOC2C1n1cccc1. The molecule has 0 aromatic carbocycles. The Morgan fingerprint density at radius 2 is 2.07 bits per heavy atom. The molecule has 3 nitrogen and oxygen atoms in total. The molecule has 1 aliphatic heterocycles. The molecule has 76 valence electrons. The van der Waals surface area contributed by atoms with Crippen LogP contribution in [0.25, 0.3) is 0 Å². The number of nitrogens with zero attached hydrogens (tertiary/aromatic N) is 1. The van der Waals surface area contributed by atoms with Crippen LogP contribution in [-0.2, 0) is 4.74 Å². The smallest absolute Gasteiger partial charge is 0.0840 e. The average molecular weight is 192 g/mol. The standard InChI is InChI=1S/C11H16N2O/c12-9-8-4-3-7-14-11(8)10(9)13-5-1-2-6-13/h1-2,5-6,8-11H,3-4,7,12H2. The van der Waals surface area contributed by atoms with Crippen LogP contribution in [0.1, 0.15) is 18.9 Å². The number of hydrogen-bond donors (Lipinski definition) is 1. The van der Waals surface area contributed by atoms with Crippen molar-refractivity contribution in [3.05, 3.63) is 24.5 Å². The highest BCUT2D eigenvalue weighted by molar-refractivity contribution is 5.09. The second-order valence-corrected chi connectivity index (χ2v) is 4.34. The van der Waals surface area contributed by atoms with Crippen molar-refractivity contribution in [1.82, 2.24) is 4.57 Å². The Bertz CT molecular complexity index is 309. The number of ether oxygens (including phenoxy) is 1. The van der Waals surface area contributed by atoms with E-state index in [2.05, 4.69) is 17.0 Å². The molecule has 3 rings (SSSR count). The van der Waals surface area contributed by atoms with Gasteiger partial charge in [0.25, 0.3) is 0 Å². The Morgan fingerprint density at radius 3 is 2.86 bits per heavy atom. The van der Waals surface area contributed by atoms with Gasteiger partial charge in [0.05, 0.1) is 12.1 Å². The van der Waals surface area contributed by atoms with Gasteiger partial charge in [-0.1, -0.05) is 0 Å². The van der Waals surface area contributed by atoms with Crippen LogP contribution in [-0.4, -0.2) is 23.3 Å². The third-order valence-electron chi connectivity index (χ3n) is 3.61. The molecular formula is C11H16N2O. The van der Waals surface area contributed by atoms with E-state index in [0.717, 1.165) is 6.61 Å². The number of nitrogens with two attached hydrogens (primary N) is 1. The summed E-state index contributed by atoms with van der Waals surface area (Å²) in [5.74, 6) is 0.594. The van der Waals surface area contributed by atoms with Gasteiger partial charge in [-0.15, -0.1) is 0 Å². The Balaban J connectivity index is 1.82. The maximum absolute atomic E-state index is 6.17. The van der Waals surface area contributed by atoms with Gasteiger partial charge in [0, 0.05) is 31.0 Å². The highest BCUT2D eigenvalue weighted by Crippen LogP contribution is 2.44. The second-order valence-electron chi connectivity index (χ2n) is 4.34. The Kier molecular flexibility index (Phi) is 1.89. The van der Waals surface area contributed by atoms with Gasteiger partial charge in [0.1, 0.15) is 0 Å². The van der Waals surface area contributed by atoms with Crippen LogP contribution in [0.5, 0.6) is 0 Å². The first-order valence-electron chi connectivity index (χ1n) is 5.37. The molecule has 1 aliphatic carbocycles. The van der Waals surface area contributed by atoms with Gasteiger partial charge in [-0.25, -0.2) is 0 Å². The van der Waals surface area contributed by atoms with Crippen molar-refractivity contribution in [2.24, 2.45) is 11.7 Å². The van der Waals surface area contributed by atoms with Crippen molar-refractivity contribution in [3.8, 4) is 0 Å². The number of aromatic nitrogens is 1. The zero-order valence-corrected chi connectivity index (χ0v) is 8.17. The first-order chi connectivity index (χ1) is 6.88. The molecule has 4 atom stereocenters. The molecule has 2 fully saturated rings. The molecule has 0 amide bonds. The third-order valence-corrected chi connectivity index (χ3v) is 3.61. The lowest BCUT2D eigenvalue weighted by Gasteiger charge is -2.52. The predicted molar refractivity (Wildman–Crippen MR) is 53.9 cm³/mol. The molecule has 0 bridgehead atoms. The predicted octanol–water partition coefficient (Wildman–Crippen LogP) is 1.17. The molecule has 3 heteroatoms. The summed E-state index contributed by atoms with van der Waals surface area (Å²) in [6.07, 6.45) is 6.94. The van der Waals surface area contributed by atoms with Crippen molar-refractivity contribution in [2.75, 3.05) is 6.61 Å². The van der Waals surface area contributed by atoms with Gasteiger partial charge in [-0.2, -0.15) is 0 Å².